The van der Waals surface area contributed by atoms with E-state index in [-0.39, 0.29) is 6.61 Å². The van der Waals surface area contributed by atoms with Gasteiger partial charge >= 0.3 is 0 Å². The maximum absolute atomic E-state index is 8.82. The molecule has 0 saturated carbocycles. The molecule has 1 unspecified atom stereocenters. The van der Waals surface area contributed by atoms with Gasteiger partial charge in [0.2, 0.25) is 11.7 Å². The molecule has 1 atom stereocenters. The van der Waals surface area contributed by atoms with E-state index >= 15 is 0 Å². The van der Waals surface area contributed by atoms with Crippen molar-refractivity contribution in [3.8, 4) is 11.5 Å². The van der Waals surface area contributed by atoms with Gasteiger partial charge in [-0.3, -0.25) is 4.98 Å². The Morgan fingerprint density at radius 1 is 1.50 bits per heavy atom. The van der Waals surface area contributed by atoms with Gasteiger partial charge in [-0.05, 0) is 24.5 Å². The normalized spacial score (nSPS) is 12.6. The van der Waals surface area contributed by atoms with Crippen LogP contribution in [0.15, 0.2) is 22.9 Å². The summed E-state index contributed by atoms with van der Waals surface area (Å²) in [6, 6.07) is 3.41. The van der Waals surface area contributed by atoms with Gasteiger partial charge in [0.1, 0.15) is 5.69 Å². The average Bonchev–Trinajstić information content (AvgIpc) is 2.88. The van der Waals surface area contributed by atoms with Crippen molar-refractivity contribution in [3.63, 3.8) is 0 Å². The van der Waals surface area contributed by atoms with Gasteiger partial charge in [-0.25, -0.2) is 0 Å². The van der Waals surface area contributed by atoms with Crippen LogP contribution in [-0.4, -0.2) is 26.8 Å². The Balaban J connectivity index is 2.29. The zero-order chi connectivity index (χ0) is 13.0. The first kappa shape index (κ1) is 12.7. The number of nitrogens with two attached hydrogens (primary N) is 1. The van der Waals surface area contributed by atoms with E-state index in [1.165, 1.54) is 0 Å². The highest BCUT2D eigenvalue weighted by atomic mass is 16.5. The first-order chi connectivity index (χ1) is 8.76. The molecule has 0 aliphatic carbocycles. The van der Waals surface area contributed by atoms with Crippen molar-refractivity contribution in [1.29, 1.82) is 0 Å². The van der Waals surface area contributed by atoms with Crippen LogP contribution in [0.5, 0.6) is 0 Å². The van der Waals surface area contributed by atoms with Crippen LogP contribution in [0.1, 0.15) is 30.8 Å². The molecule has 2 rings (SSSR count). The lowest BCUT2D eigenvalue weighted by atomic mass is 10.1. The van der Waals surface area contributed by atoms with Gasteiger partial charge in [0, 0.05) is 12.8 Å². The molecule has 0 bridgehead atoms. The molecule has 0 radical (unpaired) electrons. The van der Waals surface area contributed by atoms with Crippen molar-refractivity contribution < 1.29 is 9.63 Å². The largest absolute Gasteiger partial charge is 0.396 e. The fraction of sp³-hybridized carbons (Fsp3) is 0.417. The summed E-state index contributed by atoms with van der Waals surface area (Å²) in [5.74, 6) is 0.766. The summed E-state index contributed by atoms with van der Waals surface area (Å²) >= 11 is 0. The van der Waals surface area contributed by atoms with Crippen LogP contribution in [0, 0.1) is 0 Å². The maximum atomic E-state index is 8.82. The van der Waals surface area contributed by atoms with Gasteiger partial charge in [-0.1, -0.05) is 18.1 Å². The topological polar surface area (TPSA) is 98.1 Å². The number of rotatable bonds is 5. The van der Waals surface area contributed by atoms with Gasteiger partial charge in [-0.15, -0.1) is 0 Å². The highest BCUT2D eigenvalue weighted by Gasteiger charge is 2.17. The number of pyridine rings is 1. The summed E-state index contributed by atoms with van der Waals surface area (Å²) in [7, 11) is 0. The SMILES string of the molecule is CCc1cccnc1-c1noc(C(N)CCO)n1. The van der Waals surface area contributed by atoms with Gasteiger partial charge < -0.3 is 15.4 Å². The zero-order valence-corrected chi connectivity index (χ0v) is 10.2. The Morgan fingerprint density at radius 2 is 2.33 bits per heavy atom. The van der Waals surface area contributed by atoms with E-state index in [2.05, 4.69) is 15.1 Å². The van der Waals surface area contributed by atoms with Crippen LogP contribution in [0.2, 0.25) is 0 Å². The molecule has 2 aromatic heterocycles. The van der Waals surface area contributed by atoms with Gasteiger partial charge in [0.05, 0.1) is 6.04 Å². The third-order valence-corrected chi connectivity index (χ3v) is 2.68. The van der Waals surface area contributed by atoms with E-state index < -0.39 is 6.04 Å². The summed E-state index contributed by atoms with van der Waals surface area (Å²) in [6.45, 7) is 2.03. The summed E-state index contributed by atoms with van der Waals surface area (Å²) in [6.07, 6.45) is 2.93. The molecule has 18 heavy (non-hydrogen) atoms. The second kappa shape index (κ2) is 5.70. The first-order valence-corrected chi connectivity index (χ1v) is 5.90. The summed E-state index contributed by atoms with van der Waals surface area (Å²) in [4.78, 5) is 8.49. The molecular formula is C12H16N4O2. The monoisotopic (exact) mass is 248 g/mol. The molecule has 0 aliphatic heterocycles. The smallest absolute Gasteiger partial charge is 0.244 e. The van der Waals surface area contributed by atoms with Gasteiger partial charge in [0.15, 0.2) is 0 Å². The Labute approximate surface area is 105 Å². The van der Waals surface area contributed by atoms with Crippen LogP contribution < -0.4 is 5.73 Å². The quantitative estimate of drug-likeness (QED) is 0.821. The lowest BCUT2D eigenvalue weighted by Gasteiger charge is -2.02. The minimum Gasteiger partial charge on any atom is -0.396 e. The van der Waals surface area contributed by atoms with E-state index in [0.29, 0.717) is 23.8 Å². The molecule has 0 aliphatic rings. The Hall–Kier alpha value is -1.79. The molecule has 2 heterocycles. The molecule has 96 valence electrons. The van der Waals surface area contributed by atoms with Crippen LogP contribution >= 0.6 is 0 Å². The predicted molar refractivity (Wildman–Crippen MR) is 65.5 cm³/mol. The number of hydrogen-bond donors (Lipinski definition) is 2. The average molecular weight is 248 g/mol. The zero-order valence-electron chi connectivity index (χ0n) is 10.2. The van der Waals surface area contributed by atoms with Crippen LogP contribution in [0.25, 0.3) is 11.5 Å². The number of aromatic nitrogens is 3. The summed E-state index contributed by atoms with van der Waals surface area (Å²) in [5, 5.41) is 12.7. The maximum Gasteiger partial charge on any atom is 0.244 e. The number of aryl methyl sites for hydroxylation is 1. The highest BCUT2D eigenvalue weighted by Crippen LogP contribution is 2.20. The fourth-order valence-electron chi connectivity index (χ4n) is 1.67. The number of aliphatic hydroxyl groups excluding tert-OH is 1. The van der Waals surface area contributed by atoms with E-state index in [0.717, 1.165) is 12.0 Å². The molecule has 6 nitrogen and oxygen atoms in total. The lowest BCUT2D eigenvalue weighted by molar-refractivity contribution is 0.259. The van der Waals surface area contributed by atoms with Crippen LogP contribution in [0.3, 0.4) is 0 Å². The Morgan fingerprint density at radius 3 is 3.06 bits per heavy atom. The van der Waals surface area contributed by atoms with E-state index in [9.17, 15) is 0 Å². The van der Waals surface area contributed by atoms with E-state index in [4.69, 9.17) is 15.4 Å². The van der Waals surface area contributed by atoms with Crippen molar-refractivity contribution in [2.24, 2.45) is 5.73 Å². The van der Waals surface area contributed by atoms with Crippen LogP contribution in [0.4, 0.5) is 0 Å². The molecule has 0 amide bonds. The highest BCUT2D eigenvalue weighted by molar-refractivity contribution is 5.53. The molecule has 2 aromatic rings. The number of hydrogen-bond acceptors (Lipinski definition) is 6. The third-order valence-electron chi connectivity index (χ3n) is 2.68. The lowest BCUT2D eigenvalue weighted by Crippen LogP contribution is -2.12. The van der Waals surface area contributed by atoms with Crippen molar-refractivity contribution in [2.45, 2.75) is 25.8 Å². The molecule has 0 aromatic carbocycles. The number of nitrogens with zero attached hydrogens (tertiary/aromatic N) is 3. The molecular weight excluding hydrogens is 232 g/mol. The van der Waals surface area contributed by atoms with Crippen molar-refractivity contribution in [1.82, 2.24) is 15.1 Å². The number of aliphatic hydroxyl groups is 1. The van der Waals surface area contributed by atoms with Crippen molar-refractivity contribution in [2.75, 3.05) is 6.61 Å². The van der Waals surface area contributed by atoms with Gasteiger partial charge in [0.25, 0.3) is 0 Å². The minimum absolute atomic E-state index is 0.0112. The van der Waals surface area contributed by atoms with Crippen LogP contribution in [-0.2, 0) is 6.42 Å². The Bertz CT molecular complexity index is 512. The minimum atomic E-state index is -0.440. The molecule has 3 N–H and O–H groups in total. The van der Waals surface area contributed by atoms with E-state index in [1.807, 2.05) is 19.1 Å². The van der Waals surface area contributed by atoms with E-state index in [1.54, 1.807) is 6.20 Å². The fourth-order valence-corrected chi connectivity index (χ4v) is 1.67. The third kappa shape index (κ3) is 2.55. The first-order valence-electron chi connectivity index (χ1n) is 5.90. The second-order valence-corrected chi connectivity index (χ2v) is 3.94. The molecule has 0 saturated heterocycles. The molecule has 0 fully saturated rings. The van der Waals surface area contributed by atoms with Gasteiger partial charge in [-0.2, -0.15) is 4.98 Å². The molecule has 6 heteroatoms. The predicted octanol–water partition coefficient (Wildman–Crippen LogP) is 1.08. The summed E-state index contributed by atoms with van der Waals surface area (Å²) in [5.41, 5.74) is 7.56. The Kier molecular flexibility index (Phi) is 4.01. The van der Waals surface area contributed by atoms with Crippen molar-refractivity contribution in [3.05, 3.63) is 29.8 Å². The standard InChI is InChI=1S/C12H16N4O2/c1-2-8-4-3-6-14-10(8)11-15-12(18-16-11)9(13)5-7-17/h3-4,6,9,17H,2,5,7,13H2,1H3. The summed E-state index contributed by atoms with van der Waals surface area (Å²) < 4.78 is 5.10. The van der Waals surface area contributed by atoms with Crippen molar-refractivity contribution >= 4 is 0 Å². The second-order valence-electron chi connectivity index (χ2n) is 3.94. The molecule has 0 spiro atoms.